The predicted molar refractivity (Wildman–Crippen MR) is 82.8 cm³/mol. The predicted octanol–water partition coefficient (Wildman–Crippen LogP) is 2.61. The highest BCUT2D eigenvalue weighted by Crippen LogP contribution is 2.06. The van der Waals surface area contributed by atoms with E-state index < -0.39 is 0 Å². The molecule has 0 heterocycles. The average Bonchev–Trinajstić information content (AvgIpc) is 2.53. The Hall–Kier alpha value is -2.57. The van der Waals surface area contributed by atoms with Crippen LogP contribution in [0.15, 0.2) is 54.6 Å². The summed E-state index contributed by atoms with van der Waals surface area (Å²) in [5, 5.41) is 2.79. The van der Waals surface area contributed by atoms with Crippen LogP contribution in [0.1, 0.15) is 21.5 Å². The van der Waals surface area contributed by atoms with Gasteiger partial charge in [0.1, 0.15) is 0 Å². The summed E-state index contributed by atoms with van der Waals surface area (Å²) in [6.45, 7) is 0.817. The minimum absolute atomic E-state index is 0.129. The number of nitrogens with one attached hydrogen (secondary N) is 1. The molecule has 0 bridgehead atoms. The quantitative estimate of drug-likeness (QED) is 0.874. The third-order valence-electron chi connectivity index (χ3n) is 2.84. The van der Waals surface area contributed by atoms with Gasteiger partial charge in [-0.05, 0) is 29.8 Å². The number of carbonyl (C=O) groups is 1. The van der Waals surface area contributed by atoms with E-state index in [1.165, 1.54) is 0 Å². The minimum atomic E-state index is -0.129. The monoisotopic (exact) mass is 279 g/mol. The van der Waals surface area contributed by atoms with E-state index in [0.29, 0.717) is 18.7 Å². The van der Waals surface area contributed by atoms with Gasteiger partial charge in [0, 0.05) is 18.2 Å². The Morgan fingerprint density at radius 2 is 1.95 bits per heavy atom. The fourth-order valence-electron chi connectivity index (χ4n) is 1.86. The van der Waals surface area contributed by atoms with Crippen LogP contribution in [0.25, 0.3) is 0 Å². The Labute approximate surface area is 125 Å². The Morgan fingerprint density at radius 3 is 2.71 bits per heavy atom. The van der Waals surface area contributed by atoms with Gasteiger partial charge in [-0.25, -0.2) is 0 Å². The first kappa shape index (κ1) is 14.8. The zero-order valence-corrected chi connectivity index (χ0v) is 11.9. The Bertz CT molecular complexity index is 654. The second kappa shape index (κ2) is 7.88. The van der Waals surface area contributed by atoms with Crippen molar-refractivity contribution in [2.24, 2.45) is 0 Å². The first-order valence-corrected chi connectivity index (χ1v) is 6.69. The van der Waals surface area contributed by atoms with Gasteiger partial charge in [-0.2, -0.15) is 0 Å². The highest BCUT2D eigenvalue weighted by atomic mass is 16.5. The van der Waals surface area contributed by atoms with Gasteiger partial charge in [0.25, 0.3) is 5.91 Å². The maximum Gasteiger partial charge on any atom is 0.252 e. The number of methoxy groups -OCH3 is 1. The lowest BCUT2D eigenvalue weighted by atomic mass is 10.1. The molecule has 0 unspecified atom stereocenters. The van der Waals surface area contributed by atoms with Crippen molar-refractivity contribution in [3.8, 4) is 11.8 Å². The molecule has 0 saturated heterocycles. The van der Waals surface area contributed by atoms with Crippen LogP contribution in [-0.2, 0) is 11.3 Å². The number of benzene rings is 2. The third kappa shape index (κ3) is 4.79. The number of rotatable bonds is 4. The molecule has 2 aromatic carbocycles. The van der Waals surface area contributed by atoms with Crippen LogP contribution < -0.4 is 5.32 Å². The van der Waals surface area contributed by atoms with Crippen molar-refractivity contribution in [2.75, 3.05) is 13.7 Å². The molecular formula is C18H17NO2. The van der Waals surface area contributed by atoms with E-state index in [-0.39, 0.29) is 5.91 Å². The molecular weight excluding hydrogens is 262 g/mol. The SMILES string of the molecule is COCc1cccc(C(=O)NCC#Cc2ccccc2)c1. The van der Waals surface area contributed by atoms with Gasteiger partial charge in [-0.1, -0.05) is 42.2 Å². The molecule has 0 spiro atoms. The van der Waals surface area contributed by atoms with Crippen molar-refractivity contribution < 1.29 is 9.53 Å². The van der Waals surface area contributed by atoms with Crippen molar-refractivity contribution in [3.63, 3.8) is 0 Å². The largest absolute Gasteiger partial charge is 0.380 e. The van der Waals surface area contributed by atoms with Crippen molar-refractivity contribution in [3.05, 3.63) is 71.3 Å². The second-order valence-corrected chi connectivity index (χ2v) is 4.48. The molecule has 21 heavy (non-hydrogen) atoms. The van der Waals surface area contributed by atoms with Crippen LogP contribution in [0.5, 0.6) is 0 Å². The Kier molecular flexibility index (Phi) is 5.57. The lowest BCUT2D eigenvalue weighted by molar-refractivity contribution is 0.0958. The van der Waals surface area contributed by atoms with Gasteiger partial charge in [0.2, 0.25) is 0 Å². The molecule has 0 aliphatic rings. The maximum absolute atomic E-state index is 12.0. The number of hydrogen-bond acceptors (Lipinski definition) is 2. The van der Waals surface area contributed by atoms with Crippen LogP contribution >= 0.6 is 0 Å². The average molecular weight is 279 g/mol. The van der Waals surface area contributed by atoms with Gasteiger partial charge in [-0.15, -0.1) is 0 Å². The summed E-state index contributed by atoms with van der Waals surface area (Å²) in [7, 11) is 1.63. The second-order valence-electron chi connectivity index (χ2n) is 4.48. The molecule has 0 fully saturated rings. The first-order chi connectivity index (χ1) is 10.3. The Morgan fingerprint density at radius 1 is 1.14 bits per heavy atom. The van der Waals surface area contributed by atoms with E-state index in [1.54, 1.807) is 13.2 Å². The van der Waals surface area contributed by atoms with Gasteiger partial charge >= 0.3 is 0 Å². The number of carbonyl (C=O) groups excluding carboxylic acids is 1. The van der Waals surface area contributed by atoms with Crippen LogP contribution in [-0.4, -0.2) is 19.6 Å². The summed E-state index contributed by atoms with van der Waals surface area (Å²) in [5.41, 5.74) is 2.53. The molecule has 0 saturated carbocycles. The van der Waals surface area contributed by atoms with Crippen LogP contribution in [0.3, 0.4) is 0 Å². The normalized spacial score (nSPS) is 9.57. The summed E-state index contributed by atoms with van der Waals surface area (Å²) in [6, 6.07) is 17.1. The minimum Gasteiger partial charge on any atom is -0.380 e. The van der Waals surface area contributed by atoms with Crippen LogP contribution in [0.4, 0.5) is 0 Å². The summed E-state index contributed by atoms with van der Waals surface area (Å²) in [4.78, 5) is 12.0. The molecule has 1 amide bonds. The van der Waals surface area contributed by atoms with Crippen molar-refractivity contribution in [1.82, 2.24) is 5.32 Å². The summed E-state index contributed by atoms with van der Waals surface area (Å²) in [6.07, 6.45) is 0. The van der Waals surface area contributed by atoms with E-state index in [4.69, 9.17) is 4.74 Å². The number of hydrogen-bond donors (Lipinski definition) is 1. The highest BCUT2D eigenvalue weighted by Gasteiger charge is 2.04. The van der Waals surface area contributed by atoms with Crippen molar-refractivity contribution >= 4 is 5.91 Å². The molecule has 3 nitrogen and oxygen atoms in total. The van der Waals surface area contributed by atoms with E-state index in [1.807, 2.05) is 48.5 Å². The Balaban J connectivity index is 1.90. The zero-order valence-electron chi connectivity index (χ0n) is 11.9. The molecule has 0 aliphatic carbocycles. The van der Waals surface area contributed by atoms with E-state index in [0.717, 1.165) is 11.1 Å². The molecule has 2 rings (SSSR count). The molecule has 2 aromatic rings. The van der Waals surface area contributed by atoms with Gasteiger partial charge < -0.3 is 10.1 Å². The molecule has 3 heteroatoms. The first-order valence-electron chi connectivity index (χ1n) is 6.69. The summed E-state index contributed by atoms with van der Waals surface area (Å²) in [5.74, 6) is 5.80. The van der Waals surface area contributed by atoms with Crippen molar-refractivity contribution in [2.45, 2.75) is 6.61 Å². The summed E-state index contributed by atoms with van der Waals surface area (Å²) < 4.78 is 5.06. The van der Waals surface area contributed by atoms with Gasteiger partial charge in [0.05, 0.1) is 13.2 Å². The maximum atomic E-state index is 12.0. The molecule has 0 atom stereocenters. The standard InChI is InChI=1S/C18H17NO2/c1-21-14-16-9-5-11-17(13-16)18(20)19-12-6-10-15-7-3-2-4-8-15/h2-5,7-9,11,13H,12,14H2,1H3,(H,19,20). The smallest absolute Gasteiger partial charge is 0.252 e. The number of amides is 1. The molecule has 106 valence electrons. The fourth-order valence-corrected chi connectivity index (χ4v) is 1.86. The van der Waals surface area contributed by atoms with E-state index >= 15 is 0 Å². The lowest BCUT2D eigenvalue weighted by Crippen LogP contribution is -2.23. The van der Waals surface area contributed by atoms with Gasteiger partial charge in [-0.3, -0.25) is 4.79 Å². The van der Waals surface area contributed by atoms with E-state index in [2.05, 4.69) is 17.2 Å². The molecule has 0 radical (unpaired) electrons. The fraction of sp³-hybridized carbons (Fsp3) is 0.167. The number of ether oxygens (including phenoxy) is 1. The molecule has 0 aromatic heterocycles. The topological polar surface area (TPSA) is 38.3 Å². The van der Waals surface area contributed by atoms with E-state index in [9.17, 15) is 4.79 Å². The third-order valence-corrected chi connectivity index (χ3v) is 2.84. The zero-order chi connectivity index (χ0) is 14.9. The van der Waals surface area contributed by atoms with Crippen molar-refractivity contribution in [1.29, 1.82) is 0 Å². The molecule has 0 aliphatic heterocycles. The van der Waals surface area contributed by atoms with Crippen LogP contribution in [0.2, 0.25) is 0 Å². The highest BCUT2D eigenvalue weighted by molar-refractivity contribution is 5.94. The van der Waals surface area contributed by atoms with Gasteiger partial charge in [0.15, 0.2) is 0 Å². The molecule has 1 N–H and O–H groups in total. The lowest BCUT2D eigenvalue weighted by Gasteiger charge is -2.04. The summed E-state index contributed by atoms with van der Waals surface area (Å²) >= 11 is 0. The van der Waals surface area contributed by atoms with Crippen LogP contribution in [0, 0.1) is 11.8 Å².